The van der Waals surface area contributed by atoms with Crippen LogP contribution in [0.4, 0.5) is 24.5 Å². The van der Waals surface area contributed by atoms with Crippen LogP contribution in [0.3, 0.4) is 0 Å². The van der Waals surface area contributed by atoms with E-state index in [0.29, 0.717) is 37.8 Å². The third kappa shape index (κ3) is 6.40. The summed E-state index contributed by atoms with van der Waals surface area (Å²) in [5.41, 5.74) is 10.2. The first-order valence-corrected chi connectivity index (χ1v) is 12.3. The number of halogens is 3. The molecule has 0 saturated carbocycles. The largest absolute Gasteiger partial charge is 0.491 e. The monoisotopic (exact) mass is 545 g/mol. The molecule has 3 aromatic rings. The van der Waals surface area contributed by atoms with Crippen molar-refractivity contribution in [3.63, 3.8) is 0 Å². The Labute approximate surface area is 223 Å². The molecular formula is C27H30F3N5O4. The number of carbonyl (C=O) groups excluding carboxylic acids is 2. The fraction of sp³-hybridized carbons (Fsp3) is 0.370. The average molecular weight is 546 g/mol. The van der Waals surface area contributed by atoms with Gasteiger partial charge in [0.1, 0.15) is 12.4 Å². The molecule has 12 heteroatoms. The predicted molar refractivity (Wildman–Crippen MR) is 139 cm³/mol. The Hall–Kier alpha value is -3.90. The second-order valence-electron chi connectivity index (χ2n) is 10.0. The standard InChI is InChI=1S/C27H30F3N5O4/c1-26(2)14-21-23(22(36)15-26)24(27(28,29)30)34-35(21)17-5-8-19(25(32)37)20(13-17)33-16-3-6-18(7-4-16)39-12-11-38-10-9-31/h3-8,13,33H,9-12,14-15,31H2,1-2H3,(H2,32,37). The summed E-state index contributed by atoms with van der Waals surface area (Å²) in [6, 6.07) is 11.2. The van der Waals surface area contributed by atoms with E-state index in [4.69, 9.17) is 20.9 Å². The lowest BCUT2D eigenvalue weighted by Crippen LogP contribution is -2.29. The number of hydrogen-bond acceptors (Lipinski definition) is 7. The summed E-state index contributed by atoms with van der Waals surface area (Å²) in [6.45, 7) is 5.25. The number of fused-ring (bicyclic) bond motifs is 1. The van der Waals surface area contributed by atoms with Gasteiger partial charge in [0, 0.05) is 18.7 Å². The second kappa shape index (κ2) is 11.1. The van der Waals surface area contributed by atoms with Crippen LogP contribution in [0.5, 0.6) is 5.75 Å². The third-order valence-corrected chi connectivity index (χ3v) is 6.22. The van der Waals surface area contributed by atoms with E-state index in [-0.39, 0.29) is 35.5 Å². The number of rotatable bonds is 10. The minimum absolute atomic E-state index is 0.0113. The molecule has 5 N–H and O–H groups in total. The van der Waals surface area contributed by atoms with Crippen LogP contribution in [0.15, 0.2) is 42.5 Å². The summed E-state index contributed by atoms with van der Waals surface area (Å²) in [6.07, 6.45) is -4.60. The molecule has 0 fully saturated rings. The van der Waals surface area contributed by atoms with Crippen molar-refractivity contribution in [2.75, 3.05) is 31.7 Å². The van der Waals surface area contributed by atoms with Crippen LogP contribution >= 0.6 is 0 Å². The zero-order valence-electron chi connectivity index (χ0n) is 21.6. The number of alkyl halides is 3. The number of carbonyl (C=O) groups is 2. The van der Waals surface area contributed by atoms with Gasteiger partial charge in [-0.15, -0.1) is 0 Å². The van der Waals surface area contributed by atoms with E-state index in [1.807, 2.05) is 13.8 Å². The first kappa shape index (κ1) is 28.1. The van der Waals surface area contributed by atoms with Gasteiger partial charge in [-0.3, -0.25) is 9.59 Å². The van der Waals surface area contributed by atoms with Crippen LogP contribution in [-0.2, 0) is 17.3 Å². The van der Waals surface area contributed by atoms with Crippen molar-refractivity contribution in [2.24, 2.45) is 16.9 Å². The minimum Gasteiger partial charge on any atom is -0.491 e. The Morgan fingerprint density at radius 2 is 1.82 bits per heavy atom. The lowest BCUT2D eigenvalue weighted by molar-refractivity contribution is -0.141. The van der Waals surface area contributed by atoms with E-state index < -0.39 is 34.5 Å². The third-order valence-electron chi connectivity index (χ3n) is 6.22. The van der Waals surface area contributed by atoms with Crippen molar-refractivity contribution in [3.8, 4) is 11.4 Å². The highest BCUT2D eigenvalue weighted by Gasteiger charge is 2.45. The molecule has 0 atom stereocenters. The summed E-state index contributed by atoms with van der Waals surface area (Å²) in [4.78, 5) is 24.9. The molecule has 9 nitrogen and oxygen atoms in total. The van der Waals surface area contributed by atoms with Gasteiger partial charge in [-0.25, -0.2) is 4.68 Å². The number of nitrogens with two attached hydrogens (primary N) is 2. The smallest absolute Gasteiger partial charge is 0.435 e. The maximum atomic E-state index is 13.8. The Kier molecular flexibility index (Phi) is 7.98. The van der Waals surface area contributed by atoms with Gasteiger partial charge in [0.25, 0.3) is 5.91 Å². The fourth-order valence-corrected chi connectivity index (χ4v) is 4.54. The molecule has 1 aromatic heterocycles. The van der Waals surface area contributed by atoms with Crippen LogP contribution in [0.25, 0.3) is 5.69 Å². The number of anilines is 2. The Morgan fingerprint density at radius 1 is 1.10 bits per heavy atom. The van der Waals surface area contributed by atoms with Crippen molar-refractivity contribution in [2.45, 2.75) is 32.9 Å². The molecule has 2 aromatic carbocycles. The molecule has 0 saturated heterocycles. The highest BCUT2D eigenvalue weighted by molar-refractivity contribution is 6.01. The Balaban J connectivity index is 1.66. The zero-order valence-corrected chi connectivity index (χ0v) is 21.6. The molecule has 4 rings (SSSR count). The summed E-state index contributed by atoms with van der Waals surface area (Å²) >= 11 is 0. The van der Waals surface area contributed by atoms with Gasteiger partial charge in [0.15, 0.2) is 11.5 Å². The first-order valence-electron chi connectivity index (χ1n) is 12.3. The summed E-state index contributed by atoms with van der Waals surface area (Å²) in [5, 5.41) is 6.92. The molecule has 0 unspecified atom stereocenters. The average Bonchev–Trinajstić information content (AvgIpc) is 3.24. The van der Waals surface area contributed by atoms with Crippen molar-refractivity contribution < 1.29 is 32.2 Å². The van der Waals surface area contributed by atoms with Gasteiger partial charge < -0.3 is 26.3 Å². The quantitative estimate of drug-likeness (QED) is 0.324. The van der Waals surface area contributed by atoms with E-state index in [2.05, 4.69) is 10.4 Å². The molecular weight excluding hydrogens is 515 g/mol. The lowest BCUT2D eigenvalue weighted by Gasteiger charge is -2.29. The topological polar surface area (TPSA) is 134 Å². The summed E-state index contributed by atoms with van der Waals surface area (Å²) in [7, 11) is 0. The summed E-state index contributed by atoms with van der Waals surface area (Å²) in [5.74, 6) is -0.729. The number of aromatic nitrogens is 2. The number of benzene rings is 2. The molecule has 39 heavy (non-hydrogen) atoms. The maximum Gasteiger partial charge on any atom is 0.435 e. The number of ketones is 1. The van der Waals surface area contributed by atoms with Crippen molar-refractivity contribution >= 4 is 23.1 Å². The molecule has 1 amide bonds. The molecule has 208 valence electrons. The van der Waals surface area contributed by atoms with Crippen molar-refractivity contribution in [1.29, 1.82) is 0 Å². The van der Waals surface area contributed by atoms with E-state index >= 15 is 0 Å². The van der Waals surface area contributed by atoms with Gasteiger partial charge in [0.2, 0.25) is 0 Å². The predicted octanol–water partition coefficient (Wildman–Crippen LogP) is 4.24. The van der Waals surface area contributed by atoms with Crippen molar-refractivity contribution in [1.82, 2.24) is 9.78 Å². The fourth-order valence-electron chi connectivity index (χ4n) is 4.54. The normalized spacial score (nSPS) is 14.7. The van der Waals surface area contributed by atoms with E-state index in [0.717, 1.165) is 4.68 Å². The molecule has 1 aliphatic carbocycles. The number of ether oxygens (including phenoxy) is 2. The van der Waals surface area contributed by atoms with Crippen LogP contribution in [0.2, 0.25) is 0 Å². The van der Waals surface area contributed by atoms with Gasteiger partial charge in [-0.05, 0) is 54.3 Å². The number of hydrogen-bond donors (Lipinski definition) is 3. The molecule has 1 heterocycles. The van der Waals surface area contributed by atoms with Gasteiger partial charge in [0.05, 0.1) is 41.4 Å². The highest BCUT2D eigenvalue weighted by atomic mass is 19.4. The molecule has 0 spiro atoms. The number of nitrogens with one attached hydrogen (secondary N) is 1. The SMILES string of the molecule is CC1(C)CC(=O)c2c(C(F)(F)F)nn(-c3ccc(C(N)=O)c(Nc4ccc(OCCOCCN)cc4)c3)c2C1. The molecule has 1 aliphatic rings. The van der Waals surface area contributed by atoms with E-state index in [9.17, 15) is 22.8 Å². The zero-order chi connectivity index (χ0) is 28.4. The van der Waals surface area contributed by atoms with Crippen molar-refractivity contribution in [3.05, 3.63) is 65.0 Å². The van der Waals surface area contributed by atoms with Crippen LogP contribution in [0.1, 0.15) is 52.4 Å². The summed E-state index contributed by atoms with van der Waals surface area (Å²) < 4.78 is 53.6. The number of Topliss-reactive ketones (excluding diaryl/α,β-unsaturated/α-hetero) is 1. The van der Waals surface area contributed by atoms with E-state index in [1.165, 1.54) is 18.2 Å². The van der Waals surface area contributed by atoms with Gasteiger partial charge in [-0.1, -0.05) is 13.8 Å². The van der Waals surface area contributed by atoms with E-state index in [1.54, 1.807) is 24.3 Å². The molecule has 0 bridgehead atoms. The first-order chi connectivity index (χ1) is 18.4. The van der Waals surface area contributed by atoms with Gasteiger partial charge in [-0.2, -0.15) is 18.3 Å². The maximum absolute atomic E-state index is 13.8. The number of nitrogens with zero attached hydrogens (tertiary/aromatic N) is 2. The van der Waals surface area contributed by atoms with Gasteiger partial charge >= 0.3 is 6.18 Å². The Bertz CT molecular complexity index is 1370. The van der Waals surface area contributed by atoms with Crippen LogP contribution in [0, 0.1) is 5.41 Å². The number of primary amides is 1. The van der Waals surface area contributed by atoms with Crippen LogP contribution in [-0.4, -0.2) is 47.8 Å². The molecule has 0 aliphatic heterocycles. The number of amides is 1. The minimum atomic E-state index is -4.80. The second-order valence-corrected chi connectivity index (χ2v) is 10.0. The molecule has 0 radical (unpaired) electrons. The Morgan fingerprint density at radius 3 is 2.46 bits per heavy atom. The highest BCUT2D eigenvalue weighted by Crippen LogP contribution is 2.42. The van der Waals surface area contributed by atoms with Crippen LogP contribution < -0.4 is 21.5 Å². The lowest BCUT2D eigenvalue weighted by atomic mass is 9.75.